The predicted molar refractivity (Wildman–Crippen MR) is 110 cm³/mol. The average Bonchev–Trinajstić information content (AvgIpc) is 2.56. The minimum absolute atomic E-state index is 0.0278. The molecule has 0 aromatic heterocycles. The molecule has 0 aliphatic carbocycles. The summed E-state index contributed by atoms with van der Waals surface area (Å²) in [5.41, 5.74) is 4.50. The van der Waals surface area contributed by atoms with Crippen molar-refractivity contribution >= 4 is 40.9 Å². The molecule has 1 atom stereocenters. The second kappa shape index (κ2) is 9.51. The van der Waals surface area contributed by atoms with Gasteiger partial charge in [0.2, 0.25) is 5.91 Å². The molecule has 25 heavy (non-hydrogen) atoms. The predicted octanol–water partition coefficient (Wildman–Crippen LogP) is 6.11. The third-order valence-electron chi connectivity index (χ3n) is 4.09. The van der Waals surface area contributed by atoms with Gasteiger partial charge in [-0.05, 0) is 49.1 Å². The Morgan fingerprint density at radius 1 is 1.16 bits per heavy atom. The number of rotatable bonds is 7. The van der Waals surface area contributed by atoms with Gasteiger partial charge in [0.05, 0.1) is 11.8 Å². The Morgan fingerprint density at radius 2 is 1.84 bits per heavy atom. The first-order valence-electron chi connectivity index (χ1n) is 8.29. The summed E-state index contributed by atoms with van der Waals surface area (Å²) >= 11 is 13.8. The molecule has 2 aromatic carbocycles. The van der Waals surface area contributed by atoms with E-state index in [1.165, 1.54) is 28.5 Å². The zero-order valence-electron chi connectivity index (χ0n) is 14.7. The van der Waals surface area contributed by atoms with E-state index in [9.17, 15) is 4.79 Å². The minimum atomic E-state index is 0.0278. The van der Waals surface area contributed by atoms with Gasteiger partial charge >= 0.3 is 0 Å². The summed E-state index contributed by atoms with van der Waals surface area (Å²) in [5.74, 6) is 1.02. The third kappa shape index (κ3) is 5.67. The molecule has 2 rings (SSSR count). The van der Waals surface area contributed by atoms with E-state index in [2.05, 4.69) is 44.3 Å². The van der Waals surface area contributed by atoms with Crippen molar-refractivity contribution in [3.05, 3.63) is 68.7 Å². The van der Waals surface area contributed by atoms with Gasteiger partial charge in [-0.3, -0.25) is 4.79 Å². The standard InChI is InChI=1S/C20H23Cl2NOS/c1-4-19(15-9-8-13(2)10-14(15)3)23-20(24)12-25-11-16-17(21)6-5-7-18(16)22/h5-10,19H,4,11-12H2,1-3H3,(H,23,24)/t19-/m1/s1. The topological polar surface area (TPSA) is 29.1 Å². The van der Waals surface area contributed by atoms with E-state index in [1.54, 1.807) is 0 Å². The molecule has 0 fully saturated rings. The summed E-state index contributed by atoms with van der Waals surface area (Å²) < 4.78 is 0. The number of halogens is 2. The van der Waals surface area contributed by atoms with Crippen LogP contribution in [0.2, 0.25) is 10.0 Å². The number of amides is 1. The second-order valence-electron chi connectivity index (χ2n) is 6.08. The summed E-state index contributed by atoms with van der Waals surface area (Å²) in [6, 6.07) is 11.8. The summed E-state index contributed by atoms with van der Waals surface area (Å²) in [7, 11) is 0. The van der Waals surface area contributed by atoms with Crippen LogP contribution in [0.5, 0.6) is 0 Å². The molecule has 2 aromatic rings. The first kappa shape index (κ1) is 20.2. The molecular formula is C20H23Cl2NOS. The van der Waals surface area contributed by atoms with Crippen molar-refractivity contribution in [2.75, 3.05) is 5.75 Å². The molecule has 0 unspecified atom stereocenters. The van der Waals surface area contributed by atoms with Gasteiger partial charge < -0.3 is 5.32 Å². The lowest BCUT2D eigenvalue weighted by Crippen LogP contribution is -2.30. The molecule has 0 spiro atoms. The fourth-order valence-electron chi connectivity index (χ4n) is 2.77. The summed E-state index contributed by atoms with van der Waals surface area (Å²) in [4.78, 5) is 12.3. The number of carbonyl (C=O) groups is 1. The normalized spacial score (nSPS) is 12.0. The monoisotopic (exact) mass is 395 g/mol. The van der Waals surface area contributed by atoms with Crippen molar-refractivity contribution in [2.24, 2.45) is 0 Å². The maximum Gasteiger partial charge on any atom is 0.230 e. The van der Waals surface area contributed by atoms with Gasteiger partial charge in [-0.25, -0.2) is 0 Å². The average molecular weight is 396 g/mol. The third-order valence-corrected chi connectivity index (χ3v) is 5.75. The van der Waals surface area contributed by atoms with Crippen LogP contribution in [0.25, 0.3) is 0 Å². The lowest BCUT2D eigenvalue weighted by atomic mass is 9.97. The Kier molecular flexibility index (Phi) is 7.67. The number of nitrogens with one attached hydrogen (secondary N) is 1. The summed E-state index contributed by atoms with van der Waals surface area (Å²) in [6.45, 7) is 6.25. The number of thioether (sulfide) groups is 1. The van der Waals surface area contributed by atoms with Gasteiger partial charge in [0.1, 0.15) is 0 Å². The molecule has 0 aliphatic rings. The number of hydrogen-bond acceptors (Lipinski definition) is 2. The first-order valence-corrected chi connectivity index (χ1v) is 10.2. The maximum atomic E-state index is 12.3. The van der Waals surface area contributed by atoms with E-state index < -0.39 is 0 Å². The van der Waals surface area contributed by atoms with E-state index in [0.29, 0.717) is 21.6 Å². The maximum absolute atomic E-state index is 12.3. The number of aryl methyl sites for hydroxylation is 2. The molecule has 2 nitrogen and oxygen atoms in total. The molecule has 1 amide bonds. The lowest BCUT2D eigenvalue weighted by Gasteiger charge is -2.20. The van der Waals surface area contributed by atoms with Gasteiger partial charge in [0.15, 0.2) is 0 Å². The molecule has 0 heterocycles. The summed E-state index contributed by atoms with van der Waals surface area (Å²) in [5, 5.41) is 4.41. The van der Waals surface area contributed by atoms with Crippen LogP contribution in [0, 0.1) is 13.8 Å². The molecule has 0 saturated carbocycles. The molecule has 0 radical (unpaired) electrons. The van der Waals surface area contributed by atoms with Gasteiger partial charge in [0, 0.05) is 15.8 Å². The van der Waals surface area contributed by atoms with E-state index in [-0.39, 0.29) is 11.9 Å². The first-order chi connectivity index (χ1) is 11.9. The van der Waals surface area contributed by atoms with E-state index >= 15 is 0 Å². The lowest BCUT2D eigenvalue weighted by molar-refractivity contribution is -0.119. The zero-order valence-corrected chi connectivity index (χ0v) is 17.1. The molecule has 0 aliphatic heterocycles. The highest BCUT2D eigenvalue weighted by molar-refractivity contribution is 7.99. The van der Waals surface area contributed by atoms with Crippen molar-refractivity contribution in [3.63, 3.8) is 0 Å². The van der Waals surface area contributed by atoms with Crippen LogP contribution in [0.15, 0.2) is 36.4 Å². The number of carbonyl (C=O) groups excluding carboxylic acids is 1. The quantitative estimate of drug-likeness (QED) is 0.612. The second-order valence-corrected chi connectivity index (χ2v) is 7.88. The van der Waals surface area contributed by atoms with Crippen molar-refractivity contribution in [1.82, 2.24) is 5.32 Å². The highest BCUT2D eigenvalue weighted by atomic mass is 35.5. The van der Waals surface area contributed by atoms with Crippen molar-refractivity contribution in [1.29, 1.82) is 0 Å². The van der Waals surface area contributed by atoms with E-state index in [4.69, 9.17) is 23.2 Å². The van der Waals surface area contributed by atoms with Gasteiger partial charge in [-0.2, -0.15) is 0 Å². The van der Waals surface area contributed by atoms with Crippen molar-refractivity contribution in [3.8, 4) is 0 Å². The Bertz CT molecular complexity index is 728. The van der Waals surface area contributed by atoms with Crippen LogP contribution in [-0.4, -0.2) is 11.7 Å². The molecule has 134 valence electrons. The minimum Gasteiger partial charge on any atom is -0.349 e. The zero-order chi connectivity index (χ0) is 18.4. The SMILES string of the molecule is CC[C@@H](NC(=O)CSCc1c(Cl)cccc1Cl)c1ccc(C)cc1C. The molecule has 0 bridgehead atoms. The van der Waals surface area contributed by atoms with Gasteiger partial charge in [-0.1, -0.05) is 60.0 Å². The van der Waals surface area contributed by atoms with Crippen LogP contribution in [-0.2, 0) is 10.5 Å². The van der Waals surface area contributed by atoms with Crippen molar-refractivity contribution in [2.45, 2.75) is 39.0 Å². The smallest absolute Gasteiger partial charge is 0.230 e. The molecular weight excluding hydrogens is 373 g/mol. The summed E-state index contributed by atoms with van der Waals surface area (Å²) in [6.07, 6.45) is 0.858. The van der Waals surface area contributed by atoms with Crippen LogP contribution >= 0.6 is 35.0 Å². The highest BCUT2D eigenvalue weighted by Crippen LogP contribution is 2.28. The fraction of sp³-hybridized carbons (Fsp3) is 0.350. The molecule has 1 N–H and O–H groups in total. The highest BCUT2D eigenvalue weighted by Gasteiger charge is 2.15. The fourth-order valence-corrected chi connectivity index (χ4v) is 4.34. The molecule has 0 saturated heterocycles. The van der Waals surface area contributed by atoms with Crippen LogP contribution < -0.4 is 5.32 Å². The van der Waals surface area contributed by atoms with E-state index in [0.717, 1.165) is 12.0 Å². The number of hydrogen-bond donors (Lipinski definition) is 1. The Hall–Kier alpha value is -1.16. The molecule has 5 heteroatoms. The van der Waals surface area contributed by atoms with Gasteiger partial charge in [0.25, 0.3) is 0 Å². The van der Waals surface area contributed by atoms with E-state index in [1.807, 2.05) is 18.2 Å². The van der Waals surface area contributed by atoms with Crippen molar-refractivity contribution < 1.29 is 4.79 Å². The number of benzene rings is 2. The van der Waals surface area contributed by atoms with Crippen LogP contribution in [0.4, 0.5) is 0 Å². The van der Waals surface area contributed by atoms with Gasteiger partial charge in [-0.15, -0.1) is 11.8 Å². The Labute approximate surface area is 164 Å². The Balaban J connectivity index is 1.92. The Morgan fingerprint density at radius 3 is 2.44 bits per heavy atom. The van der Waals surface area contributed by atoms with Crippen LogP contribution in [0.1, 0.15) is 41.6 Å². The van der Waals surface area contributed by atoms with Crippen LogP contribution in [0.3, 0.4) is 0 Å². The largest absolute Gasteiger partial charge is 0.349 e.